The highest BCUT2D eigenvalue weighted by atomic mass is 16.6. The number of benzene rings is 1. The summed E-state index contributed by atoms with van der Waals surface area (Å²) in [5.74, 6) is 4.69. The summed E-state index contributed by atoms with van der Waals surface area (Å²) in [7, 11) is 0. The van der Waals surface area contributed by atoms with Crippen LogP contribution in [-0.4, -0.2) is 27.2 Å². The third-order valence-electron chi connectivity index (χ3n) is 2.96. The molecule has 0 saturated carbocycles. The smallest absolute Gasteiger partial charge is 0.276 e. The number of nitro groups is 2. The standard InChI is InChI=1S/C10H17N2O2.C6H4N2O5/c1-10(2,13)8-14-7-9-4-3-5-12(11)6-9;9-6-2-1-4(7(10)11)3-5(6)8(12)13/h3-6,13H,7-8,11H2,1-2H3;1-3,9H/q+1;/p-1. The minimum Gasteiger partial charge on any atom is -0.868 e. The van der Waals surface area contributed by atoms with Crippen LogP contribution in [0.3, 0.4) is 0 Å². The molecule has 1 heterocycles. The molecule has 146 valence electrons. The zero-order valence-corrected chi connectivity index (χ0v) is 14.8. The predicted molar refractivity (Wildman–Crippen MR) is 91.9 cm³/mol. The summed E-state index contributed by atoms with van der Waals surface area (Å²) in [4.78, 5) is 18.6. The van der Waals surface area contributed by atoms with Gasteiger partial charge in [0.1, 0.15) is 0 Å². The van der Waals surface area contributed by atoms with Gasteiger partial charge in [-0.1, -0.05) is 10.7 Å². The Morgan fingerprint density at radius 2 is 1.89 bits per heavy atom. The molecular formula is C16H20N4O7. The molecule has 27 heavy (non-hydrogen) atoms. The van der Waals surface area contributed by atoms with Crippen LogP contribution >= 0.6 is 0 Å². The summed E-state index contributed by atoms with van der Waals surface area (Å²) in [5, 5.41) is 40.5. The lowest BCUT2D eigenvalue weighted by Gasteiger charge is -2.16. The van der Waals surface area contributed by atoms with E-state index in [0.29, 0.717) is 19.3 Å². The normalized spacial score (nSPS) is 10.6. The topological polar surface area (TPSA) is 169 Å². The van der Waals surface area contributed by atoms with Crippen LogP contribution in [0.4, 0.5) is 11.4 Å². The summed E-state index contributed by atoms with van der Waals surface area (Å²) < 4.78 is 6.80. The minimum atomic E-state index is -0.949. The fourth-order valence-corrected chi connectivity index (χ4v) is 1.81. The number of ether oxygens (including phenoxy) is 1. The monoisotopic (exact) mass is 380 g/mol. The number of nitrogen functional groups attached to an aromatic ring is 1. The summed E-state index contributed by atoms with van der Waals surface area (Å²) in [6.07, 6.45) is 3.53. The zero-order valence-electron chi connectivity index (χ0n) is 14.8. The Morgan fingerprint density at radius 3 is 2.41 bits per heavy atom. The first-order valence-corrected chi connectivity index (χ1v) is 7.65. The van der Waals surface area contributed by atoms with E-state index in [1.807, 2.05) is 12.1 Å². The lowest BCUT2D eigenvalue weighted by Crippen LogP contribution is -2.43. The quantitative estimate of drug-likeness (QED) is 0.317. The summed E-state index contributed by atoms with van der Waals surface area (Å²) in [6, 6.07) is 6.14. The molecule has 0 spiro atoms. The highest BCUT2D eigenvalue weighted by Gasteiger charge is 2.14. The SMILES string of the molecule is CC(C)(O)COCc1ccc[n+](N)c1.O=[N+]([O-])c1ccc([O-])c([N+](=O)[O-])c1. The highest BCUT2D eigenvalue weighted by Crippen LogP contribution is 2.27. The van der Waals surface area contributed by atoms with Gasteiger partial charge in [-0.15, -0.1) is 0 Å². The van der Waals surface area contributed by atoms with Gasteiger partial charge in [0, 0.05) is 17.7 Å². The first-order chi connectivity index (χ1) is 12.5. The molecule has 0 amide bonds. The van der Waals surface area contributed by atoms with Crippen LogP contribution in [0.15, 0.2) is 42.7 Å². The van der Waals surface area contributed by atoms with E-state index in [1.165, 1.54) is 4.68 Å². The maximum absolute atomic E-state index is 10.8. The Balaban J connectivity index is 0.000000271. The molecule has 2 rings (SSSR count). The second-order valence-corrected chi connectivity index (χ2v) is 6.13. The number of nitrogens with two attached hydrogens (primary N) is 1. The fraction of sp³-hybridized carbons (Fsp3) is 0.312. The van der Waals surface area contributed by atoms with Crippen molar-refractivity contribution in [2.45, 2.75) is 26.1 Å². The molecule has 11 heteroatoms. The zero-order chi connectivity index (χ0) is 20.6. The van der Waals surface area contributed by atoms with Gasteiger partial charge in [0.25, 0.3) is 11.4 Å². The molecule has 0 fully saturated rings. The van der Waals surface area contributed by atoms with Crippen LogP contribution in [0.1, 0.15) is 19.4 Å². The van der Waals surface area contributed by atoms with Crippen LogP contribution in [0.2, 0.25) is 0 Å². The van der Waals surface area contributed by atoms with Gasteiger partial charge in [-0.05, 0) is 25.7 Å². The molecule has 0 aliphatic rings. The van der Waals surface area contributed by atoms with Crippen molar-refractivity contribution in [3.8, 4) is 5.75 Å². The molecule has 0 aliphatic heterocycles. The van der Waals surface area contributed by atoms with Crippen molar-refractivity contribution < 1.29 is 29.5 Å². The Kier molecular flexibility index (Phi) is 7.57. The van der Waals surface area contributed by atoms with E-state index in [9.17, 15) is 30.4 Å². The van der Waals surface area contributed by atoms with Gasteiger partial charge in [0.05, 0.1) is 34.7 Å². The molecular weight excluding hydrogens is 360 g/mol. The van der Waals surface area contributed by atoms with Gasteiger partial charge in [-0.3, -0.25) is 20.2 Å². The second kappa shape index (κ2) is 9.40. The third-order valence-corrected chi connectivity index (χ3v) is 2.96. The summed E-state index contributed by atoms with van der Waals surface area (Å²) in [5.41, 5.74) is -1.05. The largest absolute Gasteiger partial charge is 0.868 e. The van der Waals surface area contributed by atoms with Crippen LogP contribution in [-0.2, 0) is 11.3 Å². The average Bonchev–Trinajstić information content (AvgIpc) is 2.54. The van der Waals surface area contributed by atoms with E-state index in [1.54, 1.807) is 26.2 Å². The number of aromatic nitrogens is 1. The highest BCUT2D eigenvalue weighted by molar-refractivity contribution is 5.51. The van der Waals surface area contributed by atoms with E-state index < -0.39 is 32.6 Å². The molecule has 0 unspecified atom stereocenters. The molecule has 0 aliphatic carbocycles. The van der Waals surface area contributed by atoms with E-state index in [0.717, 1.165) is 17.7 Å². The molecule has 1 aromatic heterocycles. The number of hydrogen-bond acceptors (Lipinski definition) is 8. The van der Waals surface area contributed by atoms with Crippen LogP contribution in [0.25, 0.3) is 0 Å². The van der Waals surface area contributed by atoms with Gasteiger partial charge in [-0.25, -0.2) is 5.84 Å². The Bertz CT molecular complexity index is 806. The molecule has 11 nitrogen and oxygen atoms in total. The minimum absolute atomic E-state index is 0.312. The summed E-state index contributed by atoms with van der Waals surface area (Å²) >= 11 is 0. The number of aliphatic hydroxyl groups is 1. The Labute approximate surface area is 154 Å². The molecule has 2 aromatic rings. The van der Waals surface area contributed by atoms with E-state index in [4.69, 9.17) is 10.6 Å². The number of rotatable bonds is 6. The predicted octanol–water partition coefficient (Wildman–Crippen LogP) is 0.552. The third kappa shape index (κ3) is 8.07. The molecule has 3 N–H and O–H groups in total. The number of non-ortho nitro benzene ring substituents is 1. The second-order valence-electron chi connectivity index (χ2n) is 6.13. The van der Waals surface area contributed by atoms with Crippen molar-refractivity contribution in [3.63, 3.8) is 0 Å². The number of nitrogens with zero attached hydrogens (tertiary/aromatic N) is 3. The maximum Gasteiger partial charge on any atom is 0.276 e. The van der Waals surface area contributed by atoms with Crippen LogP contribution in [0, 0.1) is 20.2 Å². The lowest BCUT2D eigenvalue weighted by molar-refractivity contribution is -0.639. The van der Waals surface area contributed by atoms with Crippen LogP contribution in [0.5, 0.6) is 5.75 Å². The Morgan fingerprint density at radius 1 is 1.22 bits per heavy atom. The first-order valence-electron chi connectivity index (χ1n) is 7.65. The molecule has 0 bridgehead atoms. The number of pyridine rings is 1. The van der Waals surface area contributed by atoms with Gasteiger partial charge in [0.15, 0.2) is 6.20 Å². The van der Waals surface area contributed by atoms with Crippen molar-refractivity contribution in [2.75, 3.05) is 12.4 Å². The number of hydrogen-bond donors (Lipinski definition) is 2. The maximum atomic E-state index is 10.8. The lowest BCUT2D eigenvalue weighted by atomic mass is 10.2. The van der Waals surface area contributed by atoms with Gasteiger partial charge < -0.3 is 14.9 Å². The van der Waals surface area contributed by atoms with Gasteiger partial charge in [0.2, 0.25) is 6.20 Å². The van der Waals surface area contributed by atoms with Gasteiger partial charge in [-0.2, -0.15) is 0 Å². The number of nitro benzene ring substituents is 2. The molecule has 1 aromatic carbocycles. The van der Waals surface area contributed by atoms with Crippen molar-refractivity contribution in [3.05, 3.63) is 68.5 Å². The molecule has 0 radical (unpaired) electrons. The van der Waals surface area contributed by atoms with E-state index >= 15 is 0 Å². The van der Waals surface area contributed by atoms with Crippen LogP contribution < -0.4 is 15.6 Å². The fourth-order valence-electron chi connectivity index (χ4n) is 1.81. The van der Waals surface area contributed by atoms with Crippen molar-refractivity contribution >= 4 is 11.4 Å². The Hall–Kier alpha value is -3.31. The summed E-state index contributed by atoms with van der Waals surface area (Å²) in [6.45, 7) is 4.19. The van der Waals surface area contributed by atoms with E-state index in [-0.39, 0.29) is 0 Å². The van der Waals surface area contributed by atoms with E-state index in [2.05, 4.69) is 0 Å². The molecule has 0 saturated heterocycles. The van der Waals surface area contributed by atoms with Crippen molar-refractivity contribution in [1.29, 1.82) is 0 Å². The van der Waals surface area contributed by atoms with Gasteiger partial charge >= 0.3 is 0 Å². The average molecular weight is 380 g/mol. The van der Waals surface area contributed by atoms with Crippen molar-refractivity contribution in [1.82, 2.24) is 0 Å². The first kappa shape index (κ1) is 21.7. The molecule has 0 atom stereocenters. The van der Waals surface area contributed by atoms with Crippen molar-refractivity contribution in [2.24, 2.45) is 0 Å².